The molecule has 0 bridgehead atoms. The van der Waals surface area contributed by atoms with Crippen molar-refractivity contribution in [3.05, 3.63) is 59.1 Å². The molecule has 2 aromatic carbocycles. The lowest BCUT2D eigenvalue weighted by Gasteiger charge is -1.92. The number of benzene rings is 2. The zero-order chi connectivity index (χ0) is 16.5. The molecule has 0 fully saturated rings. The van der Waals surface area contributed by atoms with Gasteiger partial charge in [0.2, 0.25) is 0 Å². The first kappa shape index (κ1) is 15.2. The highest BCUT2D eigenvalue weighted by atomic mass is 35.5. The summed E-state index contributed by atoms with van der Waals surface area (Å²) in [4.78, 5) is 8.63. The third-order valence-corrected chi connectivity index (χ3v) is 4.27. The summed E-state index contributed by atoms with van der Waals surface area (Å²) < 4.78 is 23.7. The first-order chi connectivity index (χ1) is 11.7. The molecule has 4 rings (SSSR count). The van der Waals surface area contributed by atoms with Crippen molar-refractivity contribution >= 4 is 34.5 Å². The molecule has 0 atom stereocenters. The van der Waals surface area contributed by atoms with Crippen LogP contribution in [-0.4, -0.2) is 15.1 Å². The molecular weight excluding hydrogens is 353 g/mol. The Bertz CT molecular complexity index is 1000. The van der Waals surface area contributed by atoms with Gasteiger partial charge in [0.25, 0.3) is 11.1 Å². The fourth-order valence-corrected chi connectivity index (χ4v) is 2.94. The molecule has 2 heterocycles. The Morgan fingerprint density at radius 1 is 1.08 bits per heavy atom. The second-order valence-corrected chi connectivity index (χ2v) is 6.27. The van der Waals surface area contributed by atoms with Gasteiger partial charge in [-0.2, -0.15) is 4.98 Å². The van der Waals surface area contributed by atoms with Crippen LogP contribution in [0.15, 0.2) is 56.6 Å². The molecule has 0 aliphatic heterocycles. The Morgan fingerprint density at radius 3 is 2.75 bits per heavy atom. The SMILES string of the molecule is Fc1ccc(-c2nc(CSc3nc4cc(Cl)ccc4o3)no2)cc1. The fourth-order valence-electron chi connectivity index (χ4n) is 2.09. The maximum absolute atomic E-state index is 12.9. The Labute approximate surface area is 144 Å². The second-order valence-electron chi connectivity index (χ2n) is 4.90. The standard InChI is InChI=1S/C16H9ClFN3O2S/c17-10-3-6-13-12(7-10)19-16(22-13)24-8-14-20-15(23-21-14)9-1-4-11(18)5-2-9/h1-7H,8H2. The van der Waals surface area contributed by atoms with Crippen molar-refractivity contribution in [1.29, 1.82) is 0 Å². The number of halogens is 2. The number of thioether (sulfide) groups is 1. The van der Waals surface area contributed by atoms with Gasteiger partial charge in [-0.3, -0.25) is 0 Å². The minimum absolute atomic E-state index is 0.315. The molecule has 0 unspecified atom stereocenters. The van der Waals surface area contributed by atoms with Gasteiger partial charge in [-0.05, 0) is 42.5 Å². The van der Waals surface area contributed by atoms with E-state index < -0.39 is 0 Å². The molecule has 0 aliphatic carbocycles. The quantitative estimate of drug-likeness (QED) is 0.478. The highest BCUT2D eigenvalue weighted by Gasteiger charge is 2.12. The molecule has 0 radical (unpaired) electrons. The molecule has 2 aromatic heterocycles. The predicted molar refractivity (Wildman–Crippen MR) is 88.3 cm³/mol. The monoisotopic (exact) mass is 361 g/mol. The lowest BCUT2D eigenvalue weighted by molar-refractivity contribution is 0.425. The highest BCUT2D eigenvalue weighted by Crippen LogP contribution is 2.27. The van der Waals surface area contributed by atoms with Crippen LogP contribution in [-0.2, 0) is 5.75 Å². The number of oxazole rings is 1. The van der Waals surface area contributed by atoms with Gasteiger partial charge >= 0.3 is 0 Å². The van der Waals surface area contributed by atoms with Crippen LogP contribution in [0.2, 0.25) is 5.02 Å². The Morgan fingerprint density at radius 2 is 1.92 bits per heavy atom. The van der Waals surface area contributed by atoms with Crippen molar-refractivity contribution in [1.82, 2.24) is 15.1 Å². The second kappa shape index (κ2) is 6.26. The third kappa shape index (κ3) is 3.13. The first-order valence-electron chi connectivity index (χ1n) is 6.95. The normalized spacial score (nSPS) is 11.2. The van der Waals surface area contributed by atoms with Gasteiger partial charge in [-0.15, -0.1) is 0 Å². The number of hydrogen-bond donors (Lipinski definition) is 0. The van der Waals surface area contributed by atoms with Crippen LogP contribution in [0.4, 0.5) is 4.39 Å². The third-order valence-electron chi connectivity index (χ3n) is 3.21. The molecule has 5 nitrogen and oxygen atoms in total. The molecule has 0 spiro atoms. The van der Waals surface area contributed by atoms with Gasteiger partial charge in [0.1, 0.15) is 11.3 Å². The minimum Gasteiger partial charge on any atom is -0.431 e. The van der Waals surface area contributed by atoms with E-state index in [9.17, 15) is 4.39 Å². The maximum atomic E-state index is 12.9. The summed E-state index contributed by atoms with van der Waals surface area (Å²) >= 11 is 7.28. The summed E-state index contributed by atoms with van der Waals surface area (Å²) in [5.41, 5.74) is 2.03. The number of nitrogens with zero attached hydrogens (tertiary/aromatic N) is 3. The molecule has 0 N–H and O–H groups in total. The largest absolute Gasteiger partial charge is 0.431 e. The van der Waals surface area contributed by atoms with Crippen LogP contribution in [0, 0.1) is 5.82 Å². The van der Waals surface area contributed by atoms with Crippen molar-refractivity contribution in [3.63, 3.8) is 0 Å². The van der Waals surface area contributed by atoms with Crippen LogP contribution in [0.1, 0.15) is 5.82 Å². The molecule has 8 heteroatoms. The molecule has 0 aliphatic rings. The van der Waals surface area contributed by atoms with Crippen molar-refractivity contribution in [2.75, 3.05) is 0 Å². The molecule has 0 saturated heterocycles. The number of hydrogen-bond acceptors (Lipinski definition) is 6. The van der Waals surface area contributed by atoms with Gasteiger partial charge in [-0.1, -0.05) is 28.5 Å². The van der Waals surface area contributed by atoms with E-state index in [0.29, 0.717) is 44.4 Å². The minimum atomic E-state index is -0.315. The lowest BCUT2D eigenvalue weighted by atomic mass is 10.2. The maximum Gasteiger partial charge on any atom is 0.257 e. The number of fused-ring (bicyclic) bond motifs is 1. The van der Waals surface area contributed by atoms with Gasteiger partial charge in [0.05, 0.1) is 5.75 Å². The molecule has 24 heavy (non-hydrogen) atoms. The number of rotatable bonds is 4. The molecule has 0 saturated carbocycles. The van der Waals surface area contributed by atoms with Gasteiger partial charge in [0.15, 0.2) is 11.4 Å². The summed E-state index contributed by atoms with van der Waals surface area (Å²) in [6, 6.07) is 11.1. The van der Waals surface area contributed by atoms with Gasteiger partial charge < -0.3 is 8.94 Å². The van der Waals surface area contributed by atoms with Gasteiger partial charge in [0, 0.05) is 10.6 Å². The van der Waals surface area contributed by atoms with Crippen molar-refractivity contribution in [2.45, 2.75) is 11.0 Å². The van der Waals surface area contributed by atoms with E-state index in [1.54, 1.807) is 30.3 Å². The van der Waals surface area contributed by atoms with Crippen molar-refractivity contribution < 1.29 is 13.3 Å². The van der Waals surface area contributed by atoms with E-state index in [0.717, 1.165) is 0 Å². The van der Waals surface area contributed by atoms with E-state index in [1.807, 2.05) is 0 Å². The van der Waals surface area contributed by atoms with Crippen LogP contribution in [0.5, 0.6) is 0 Å². The predicted octanol–water partition coefficient (Wildman–Crippen LogP) is 4.96. The molecule has 4 aromatic rings. The van der Waals surface area contributed by atoms with E-state index in [-0.39, 0.29) is 5.82 Å². The van der Waals surface area contributed by atoms with Crippen molar-refractivity contribution in [2.24, 2.45) is 0 Å². The lowest BCUT2D eigenvalue weighted by Crippen LogP contribution is -1.84. The van der Waals surface area contributed by atoms with Gasteiger partial charge in [-0.25, -0.2) is 9.37 Å². The zero-order valence-corrected chi connectivity index (χ0v) is 13.6. The Kier molecular flexibility index (Phi) is 3.95. The van der Waals surface area contributed by atoms with E-state index in [4.69, 9.17) is 20.5 Å². The first-order valence-corrected chi connectivity index (χ1v) is 8.31. The Hall–Kier alpha value is -2.38. The summed E-state index contributed by atoms with van der Waals surface area (Å²) in [5, 5.41) is 5.01. The van der Waals surface area contributed by atoms with E-state index >= 15 is 0 Å². The van der Waals surface area contributed by atoms with Crippen LogP contribution in [0.3, 0.4) is 0 Å². The molecular formula is C16H9ClFN3O2S. The fraction of sp³-hybridized carbons (Fsp3) is 0.0625. The molecule has 0 amide bonds. The summed E-state index contributed by atoms with van der Waals surface area (Å²) in [6.45, 7) is 0. The summed E-state index contributed by atoms with van der Waals surface area (Å²) in [5.74, 6) is 0.963. The van der Waals surface area contributed by atoms with Crippen LogP contribution < -0.4 is 0 Å². The molecule has 120 valence electrons. The van der Waals surface area contributed by atoms with Crippen LogP contribution in [0.25, 0.3) is 22.6 Å². The highest BCUT2D eigenvalue weighted by molar-refractivity contribution is 7.98. The topological polar surface area (TPSA) is 65.0 Å². The number of aromatic nitrogens is 3. The van der Waals surface area contributed by atoms with Crippen molar-refractivity contribution in [3.8, 4) is 11.5 Å². The van der Waals surface area contributed by atoms with E-state index in [1.165, 1.54) is 23.9 Å². The summed E-state index contributed by atoms with van der Waals surface area (Å²) in [7, 11) is 0. The smallest absolute Gasteiger partial charge is 0.257 e. The van der Waals surface area contributed by atoms with E-state index in [2.05, 4.69) is 15.1 Å². The van der Waals surface area contributed by atoms with Crippen LogP contribution >= 0.6 is 23.4 Å². The average molecular weight is 362 g/mol. The summed E-state index contributed by atoms with van der Waals surface area (Å²) in [6.07, 6.45) is 0. The Balaban J connectivity index is 1.48. The average Bonchev–Trinajstić information content (AvgIpc) is 3.19. The zero-order valence-electron chi connectivity index (χ0n) is 12.1.